The van der Waals surface area contributed by atoms with Crippen LogP contribution >= 0.6 is 0 Å². The Morgan fingerprint density at radius 3 is 2.13 bits per heavy atom. The van der Waals surface area contributed by atoms with E-state index in [9.17, 15) is 0 Å². The quantitative estimate of drug-likeness (QED) is 0.515. The molecule has 92 valence electrons. The lowest BCUT2D eigenvalue weighted by molar-refractivity contribution is 0.250. The summed E-state index contributed by atoms with van der Waals surface area (Å²) in [5.41, 5.74) is 0. The largest absolute Gasteiger partial charge is 0.304 e. The predicted molar refractivity (Wildman–Crippen MR) is 70.3 cm³/mol. The molecule has 0 saturated carbocycles. The molecule has 0 aromatic rings. The summed E-state index contributed by atoms with van der Waals surface area (Å²) in [4.78, 5) is 2.45. The third-order valence-electron chi connectivity index (χ3n) is 3.41. The van der Waals surface area contributed by atoms with E-state index in [1.54, 1.807) is 0 Å². The summed E-state index contributed by atoms with van der Waals surface area (Å²) in [7, 11) is 2.23. The minimum absolute atomic E-state index is 0.692. The molecule has 0 bridgehead atoms. The molecule has 0 fully saturated rings. The Balaban J connectivity index is 3.36. The van der Waals surface area contributed by atoms with Gasteiger partial charge in [0.2, 0.25) is 0 Å². The van der Waals surface area contributed by atoms with Gasteiger partial charge in [-0.3, -0.25) is 0 Å². The monoisotopic (exact) mass is 213 g/mol. The molecule has 0 aliphatic heterocycles. The van der Waals surface area contributed by atoms with E-state index in [1.807, 2.05) is 0 Å². The Kier molecular flexibility index (Phi) is 9.18. The zero-order chi connectivity index (χ0) is 11.7. The van der Waals surface area contributed by atoms with E-state index in [-0.39, 0.29) is 0 Å². The summed E-state index contributed by atoms with van der Waals surface area (Å²) in [6.07, 6.45) is 8.41. The molecule has 0 heterocycles. The molecule has 0 saturated heterocycles. The van der Waals surface area contributed by atoms with Gasteiger partial charge in [0.05, 0.1) is 0 Å². The standard InChI is InChI=1S/C14H31N/c1-6-7-8-9-10-14(4)11-12-15(5)13(2)3/h13-14H,6-12H2,1-5H3. The maximum absolute atomic E-state index is 2.45. The Morgan fingerprint density at radius 2 is 1.60 bits per heavy atom. The number of unbranched alkanes of at least 4 members (excludes halogenated alkanes) is 3. The van der Waals surface area contributed by atoms with E-state index in [0.29, 0.717) is 6.04 Å². The number of nitrogens with zero attached hydrogens (tertiary/aromatic N) is 1. The molecule has 0 aliphatic rings. The molecule has 0 radical (unpaired) electrons. The molecule has 0 spiro atoms. The molecule has 1 heteroatoms. The second-order valence-corrected chi connectivity index (χ2v) is 5.32. The molecule has 15 heavy (non-hydrogen) atoms. The Labute approximate surface area is 97.2 Å². The molecule has 0 rings (SSSR count). The Hall–Kier alpha value is -0.0400. The SMILES string of the molecule is CCCCCCC(C)CCN(C)C(C)C. The highest BCUT2D eigenvalue weighted by molar-refractivity contribution is 4.61. The van der Waals surface area contributed by atoms with Crippen LogP contribution in [0, 0.1) is 5.92 Å². The van der Waals surface area contributed by atoms with Crippen LogP contribution in [0.1, 0.15) is 66.2 Å². The number of hydrogen-bond acceptors (Lipinski definition) is 1. The van der Waals surface area contributed by atoms with Crippen LogP contribution in [0.3, 0.4) is 0 Å². The first-order chi connectivity index (χ1) is 7.07. The summed E-state index contributed by atoms with van der Waals surface area (Å²) >= 11 is 0. The summed E-state index contributed by atoms with van der Waals surface area (Å²) in [6, 6.07) is 0.692. The third-order valence-corrected chi connectivity index (χ3v) is 3.41. The average Bonchev–Trinajstić information content (AvgIpc) is 2.20. The Bertz CT molecular complexity index is 131. The normalized spacial score (nSPS) is 13.8. The van der Waals surface area contributed by atoms with Crippen LogP contribution in [0.5, 0.6) is 0 Å². The lowest BCUT2D eigenvalue weighted by atomic mass is 9.99. The van der Waals surface area contributed by atoms with Gasteiger partial charge in [-0.2, -0.15) is 0 Å². The highest BCUT2D eigenvalue weighted by Crippen LogP contribution is 2.14. The molecular weight excluding hydrogens is 182 g/mol. The van der Waals surface area contributed by atoms with Gasteiger partial charge in [0, 0.05) is 6.04 Å². The van der Waals surface area contributed by atoms with Crippen LogP contribution in [-0.4, -0.2) is 24.5 Å². The van der Waals surface area contributed by atoms with Crippen molar-refractivity contribution in [3.05, 3.63) is 0 Å². The molecule has 1 nitrogen and oxygen atoms in total. The van der Waals surface area contributed by atoms with Crippen molar-refractivity contribution in [1.82, 2.24) is 4.90 Å². The second kappa shape index (κ2) is 9.21. The van der Waals surface area contributed by atoms with Gasteiger partial charge < -0.3 is 4.90 Å². The second-order valence-electron chi connectivity index (χ2n) is 5.32. The lowest BCUT2D eigenvalue weighted by Crippen LogP contribution is -2.28. The first kappa shape index (κ1) is 15.0. The highest BCUT2D eigenvalue weighted by atomic mass is 15.1. The Morgan fingerprint density at radius 1 is 0.933 bits per heavy atom. The van der Waals surface area contributed by atoms with Crippen LogP contribution in [0.4, 0.5) is 0 Å². The lowest BCUT2D eigenvalue weighted by Gasteiger charge is -2.22. The van der Waals surface area contributed by atoms with Crippen LogP contribution in [-0.2, 0) is 0 Å². The molecule has 0 aromatic carbocycles. The summed E-state index contributed by atoms with van der Waals surface area (Å²) in [6.45, 7) is 10.5. The van der Waals surface area contributed by atoms with Crippen molar-refractivity contribution in [2.45, 2.75) is 72.3 Å². The van der Waals surface area contributed by atoms with Gasteiger partial charge in [-0.15, -0.1) is 0 Å². The average molecular weight is 213 g/mol. The molecule has 0 aliphatic carbocycles. The van der Waals surface area contributed by atoms with Crippen molar-refractivity contribution in [1.29, 1.82) is 0 Å². The van der Waals surface area contributed by atoms with Crippen molar-refractivity contribution in [3.8, 4) is 0 Å². The van der Waals surface area contributed by atoms with Gasteiger partial charge in [0.1, 0.15) is 0 Å². The number of hydrogen-bond donors (Lipinski definition) is 0. The molecular formula is C14H31N. The van der Waals surface area contributed by atoms with Gasteiger partial charge in [0.15, 0.2) is 0 Å². The van der Waals surface area contributed by atoms with Gasteiger partial charge >= 0.3 is 0 Å². The predicted octanol–water partition coefficient (Wildman–Crippen LogP) is 4.32. The first-order valence-corrected chi connectivity index (χ1v) is 6.78. The van der Waals surface area contributed by atoms with Crippen molar-refractivity contribution < 1.29 is 0 Å². The van der Waals surface area contributed by atoms with Gasteiger partial charge in [-0.25, -0.2) is 0 Å². The molecule has 0 aromatic heterocycles. The fourth-order valence-corrected chi connectivity index (χ4v) is 1.75. The zero-order valence-corrected chi connectivity index (χ0v) is 11.6. The molecule has 1 atom stereocenters. The fraction of sp³-hybridized carbons (Fsp3) is 1.00. The first-order valence-electron chi connectivity index (χ1n) is 6.78. The van der Waals surface area contributed by atoms with Crippen molar-refractivity contribution in [2.75, 3.05) is 13.6 Å². The van der Waals surface area contributed by atoms with Crippen molar-refractivity contribution in [2.24, 2.45) is 5.92 Å². The molecule has 0 amide bonds. The molecule has 1 unspecified atom stereocenters. The topological polar surface area (TPSA) is 3.24 Å². The van der Waals surface area contributed by atoms with Gasteiger partial charge in [-0.05, 0) is 39.8 Å². The smallest absolute Gasteiger partial charge is 0.00355 e. The van der Waals surface area contributed by atoms with E-state index in [1.165, 1.54) is 45.1 Å². The van der Waals surface area contributed by atoms with E-state index < -0.39 is 0 Å². The summed E-state index contributed by atoms with van der Waals surface area (Å²) in [5, 5.41) is 0. The zero-order valence-electron chi connectivity index (χ0n) is 11.6. The minimum Gasteiger partial charge on any atom is -0.304 e. The van der Waals surface area contributed by atoms with Crippen LogP contribution in [0.15, 0.2) is 0 Å². The maximum Gasteiger partial charge on any atom is 0.00355 e. The van der Waals surface area contributed by atoms with E-state index in [4.69, 9.17) is 0 Å². The van der Waals surface area contributed by atoms with E-state index in [0.717, 1.165) is 5.92 Å². The van der Waals surface area contributed by atoms with Crippen molar-refractivity contribution in [3.63, 3.8) is 0 Å². The van der Waals surface area contributed by atoms with Crippen LogP contribution in [0.25, 0.3) is 0 Å². The van der Waals surface area contributed by atoms with Gasteiger partial charge in [0.25, 0.3) is 0 Å². The number of rotatable bonds is 9. The highest BCUT2D eigenvalue weighted by Gasteiger charge is 2.06. The van der Waals surface area contributed by atoms with Crippen LogP contribution in [0.2, 0.25) is 0 Å². The van der Waals surface area contributed by atoms with E-state index >= 15 is 0 Å². The third kappa shape index (κ3) is 8.92. The maximum atomic E-state index is 2.45. The fourth-order valence-electron chi connectivity index (χ4n) is 1.75. The van der Waals surface area contributed by atoms with Crippen LogP contribution < -0.4 is 0 Å². The van der Waals surface area contributed by atoms with E-state index in [2.05, 4.69) is 39.6 Å². The summed E-state index contributed by atoms with van der Waals surface area (Å²) < 4.78 is 0. The minimum atomic E-state index is 0.692. The molecule has 0 N–H and O–H groups in total. The summed E-state index contributed by atoms with van der Waals surface area (Å²) in [5.74, 6) is 0.906. The van der Waals surface area contributed by atoms with Crippen molar-refractivity contribution >= 4 is 0 Å². The van der Waals surface area contributed by atoms with Gasteiger partial charge in [-0.1, -0.05) is 46.0 Å².